The van der Waals surface area contributed by atoms with Crippen LogP contribution in [-0.2, 0) is 0 Å². The summed E-state index contributed by atoms with van der Waals surface area (Å²) in [7, 11) is 0. The van der Waals surface area contributed by atoms with Crippen molar-refractivity contribution >= 4 is 24.2 Å². The van der Waals surface area contributed by atoms with E-state index >= 15 is 0 Å². The first-order valence-electron chi connectivity index (χ1n) is 10.5. The summed E-state index contributed by atoms with van der Waals surface area (Å²) in [5.74, 6) is 0.351. The molecule has 0 saturated carbocycles. The number of hydrogen-bond donors (Lipinski definition) is 3. The molecule has 0 fully saturated rings. The lowest BCUT2D eigenvalue weighted by Gasteiger charge is -2.34. The van der Waals surface area contributed by atoms with Crippen LogP contribution in [0.3, 0.4) is 0 Å². The highest BCUT2D eigenvalue weighted by atomic mass is 32.1. The highest BCUT2D eigenvalue weighted by Crippen LogP contribution is 2.43. The Morgan fingerprint density at radius 3 is 2.03 bits per heavy atom. The average Bonchev–Trinajstić information content (AvgIpc) is 2.85. The second kappa shape index (κ2) is 10.2. The normalized spacial score (nSPS) is 13.7. The minimum absolute atomic E-state index is 0.00846. The topological polar surface area (TPSA) is 37.0 Å². The maximum Gasteiger partial charge on any atom is 0.0604 e. The van der Waals surface area contributed by atoms with Crippen LogP contribution < -0.4 is 10.0 Å². The molecule has 0 aliphatic carbocycles. The summed E-state index contributed by atoms with van der Waals surface area (Å²) in [5.41, 5.74) is 5.59. The van der Waals surface area contributed by atoms with Crippen LogP contribution >= 0.6 is 12.8 Å². The molecule has 0 radical (unpaired) electrons. The number of nitrogens with one attached hydrogen (secondary N) is 2. The molecular weight excluding hydrogens is 398 g/mol. The molecule has 3 atom stereocenters. The number of anilines is 2. The fourth-order valence-electron chi connectivity index (χ4n) is 4.15. The van der Waals surface area contributed by atoms with Crippen molar-refractivity contribution < 1.29 is 0 Å². The van der Waals surface area contributed by atoms with Crippen LogP contribution in [0.5, 0.6) is 0 Å². The van der Waals surface area contributed by atoms with E-state index in [1.165, 1.54) is 11.1 Å². The van der Waals surface area contributed by atoms with Crippen LogP contribution in [0.25, 0.3) is 0 Å². The minimum atomic E-state index is 0.00846. The molecule has 4 rings (SSSR count). The van der Waals surface area contributed by atoms with Crippen LogP contribution in [-0.4, -0.2) is 4.98 Å². The zero-order valence-electron chi connectivity index (χ0n) is 17.5. The Balaban J connectivity index is 1.84. The number of para-hydroxylation sites is 1. The zero-order valence-corrected chi connectivity index (χ0v) is 18.4. The van der Waals surface area contributed by atoms with Crippen LogP contribution in [0.15, 0.2) is 109 Å². The molecule has 3 nitrogen and oxygen atoms in total. The van der Waals surface area contributed by atoms with E-state index in [2.05, 4.69) is 115 Å². The molecule has 4 heteroatoms. The molecule has 2 N–H and O–H groups in total. The number of nitrogens with zero attached hydrogens (tertiary/aromatic N) is 1. The van der Waals surface area contributed by atoms with Gasteiger partial charge < -0.3 is 10.0 Å². The lowest BCUT2D eigenvalue weighted by atomic mass is 9.77. The van der Waals surface area contributed by atoms with Crippen molar-refractivity contribution in [3.05, 3.63) is 126 Å². The van der Waals surface area contributed by atoms with Crippen LogP contribution in [0.1, 0.15) is 41.6 Å². The highest BCUT2D eigenvalue weighted by molar-refractivity contribution is 7.81. The van der Waals surface area contributed by atoms with Gasteiger partial charge in [-0.15, -0.1) is 0 Å². The van der Waals surface area contributed by atoms with Crippen LogP contribution in [0.2, 0.25) is 0 Å². The molecule has 0 saturated heterocycles. The molecule has 0 aliphatic heterocycles. The maximum absolute atomic E-state index is 4.79. The molecule has 1 aromatic heterocycles. The molecule has 3 aromatic carbocycles. The average molecular weight is 426 g/mol. The Bertz CT molecular complexity index is 1070. The lowest BCUT2D eigenvalue weighted by molar-refractivity contribution is 0.495. The van der Waals surface area contributed by atoms with Gasteiger partial charge in [0.05, 0.1) is 6.04 Å². The monoisotopic (exact) mass is 425 g/mol. The Hall–Kier alpha value is -3.24. The van der Waals surface area contributed by atoms with Crippen molar-refractivity contribution in [1.82, 2.24) is 4.98 Å². The Labute approximate surface area is 190 Å². The summed E-state index contributed by atoms with van der Waals surface area (Å²) in [5, 5.41) is 3.80. The molecule has 0 amide bonds. The van der Waals surface area contributed by atoms with E-state index < -0.39 is 0 Å². The first-order valence-corrected chi connectivity index (χ1v) is 11.0. The molecule has 0 bridgehead atoms. The van der Waals surface area contributed by atoms with Crippen molar-refractivity contribution in [2.45, 2.75) is 24.8 Å². The first-order chi connectivity index (χ1) is 15.3. The van der Waals surface area contributed by atoms with Gasteiger partial charge in [0.2, 0.25) is 0 Å². The summed E-state index contributed by atoms with van der Waals surface area (Å²) >= 11 is 4.26. The van der Waals surface area contributed by atoms with Gasteiger partial charge in [-0.3, -0.25) is 4.98 Å². The van der Waals surface area contributed by atoms with Gasteiger partial charge in [0.1, 0.15) is 0 Å². The number of thiol groups is 1. The predicted molar refractivity (Wildman–Crippen MR) is 134 cm³/mol. The zero-order chi connectivity index (χ0) is 21.5. The molecule has 0 aliphatic rings. The van der Waals surface area contributed by atoms with Crippen molar-refractivity contribution in [1.29, 1.82) is 0 Å². The summed E-state index contributed by atoms with van der Waals surface area (Å²) in [6.45, 7) is 2.29. The summed E-state index contributed by atoms with van der Waals surface area (Å²) in [6, 6.07) is 35.6. The van der Waals surface area contributed by atoms with Gasteiger partial charge in [0.25, 0.3) is 0 Å². The van der Waals surface area contributed by atoms with Crippen molar-refractivity contribution in [2.75, 3.05) is 10.0 Å². The van der Waals surface area contributed by atoms with E-state index in [0.717, 1.165) is 17.1 Å². The van der Waals surface area contributed by atoms with E-state index in [1.807, 2.05) is 24.4 Å². The van der Waals surface area contributed by atoms with Gasteiger partial charge in [0, 0.05) is 29.2 Å². The van der Waals surface area contributed by atoms with Crippen molar-refractivity contribution in [3.63, 3.8) is 0 Å². The quantitative estimate of drug-likeness (QED) is 0.264. The number of aromatic nitrogens is 1. The van der Waals surface area contributed by atoms with Gasteiger partial charge in [-0.1, -0.05) is 86.5 Å². The minimum Gasteiger partial charge on any atom is -0.378 e. The van der Waals surface area contributed by atoms with E-state index in [4.69, 9.17) is 4.98 Å². The Kier molecular flexibility index (Phi) is 6.90. The second-order valence-corrected chi connectivity index (χ2v) is 7.93. The Morgan fingerprint density at radius 2 is 1.35 bits per heavy atom. The molecule has 3 unspecified atom stereocenters. The number of hydrogen-bond acceptors (Lipinski definition) is 4. The first kappa shape index (κ1) is 21.0. The number of rotatable bonds is 8. The van der Waals surface area contributed by atoms with E-state index in [0.29, 0.717) is 0 Å². The van der Waals surface area contributed by atoms with Gasteiger partial charge >= 0.3 is 0 Å². The third-order valence-electron chi connectivity index (χ3n) is 5.72. The standard InChI is InChI=1S/C27H27N3S/c1-20(21-11-4-2-5-12-21)26(25-17-8-9-18-28-25)27(29-23-14-6-3-7-15-23)22-13-10-16-24(19-22)30-31/h2-20,26-27,29-31H,1H3. The summed E-state index contributed by atoms with van der Waals surface area (Å²) < 4.78 is 2.98. The number of benzene rings is 3. The smallest absolute Gasteiger partial charge is 0.0604 e. The van der Waals surface area contributed by atoms with Gasteiger partial charge in [-0.25, -0.2) is 0 Å². The largest absolute Gasteiger partial charge is 0.378 e. The van der Waals surface area contributed by atoms with Crippen molar-refractivity contribution in [2.24, 2.45) is 0 Å². The van der Waals surface area contributed by atoms with Crippen LogP contribution in [0, 0.1) is 0 Å². The summed E-state index contributed by atoms with van der Waals surface area (Å²) in [6.07, 6.45) is 1.88. The predicted octanol–water partition coefficient (Wildman–Crippen LogP) is 7.08. The third kappa shape index (κ3) is 5.09. The SMILES string of the molecule is CC(c1ccccc1)C(c1ccccn1)C(Nc1ccccc1)c1cccc(NS)c1. The molecular formula is C27H27N3S. The van der Waals surface area contributed by atoms with Crippen LogP contribution in [0.4, 0.5) is 11.4 Å². The fraction of sp³-hybridized carbons (Fsp3) is 0.148. The van der Waals surface area contributed by atoms with Gasteiger partial charge in [0.15, 0.2) is 0 Å². The Morgan fingerprint density at radius 1 is 0.710 bits per heavy atom. The molecule has 1 heterocycles. The van der Waals surface area contributed by atoms with Crippen molar-refractivity contribution in [3.8, 4) is 0 Å². The van der Waals surface area contributed by atoms with E-state index in [-0.39, 0.29) is 17.9 Å². The molecule has 156 valence electrons. The lowest BCUT2D eigenvalue weighted by Crippen LogP contribution is -2.25. The molecule has 0 spiro atoms. The fourth-order valence-corrected chi connectivity index (χ4v) is 4.29. The van der Waals surface area contributed by atoms with Gasteiger partial charge in [-0.05, 0) is 53.4 Å². The highest BCUT2D eigenvalue weighted by Gasteiger charge is 2.32. The second-order valence-electron chi connectivity index (χ2n) is 7.71. The molecule has 31 heavy (non-hydrogen) atoms. The van der Waals surface area contributed by atoms with Gasteiger partial charge in [-0.2, -0.15) is 0 Å². The maximum atomic E-state index is 4.79. The summed E-state index contributed by atoms with van der Waals surface area (Å²) in [4.78, 5) is 4.79. The third-order valence-corrected chi connectivity index (χ3v) is 5.98. The van der Waals surface area contributed by atoms with E-state index in [1.54, 1.807) is 0 Å². The molecule has 4 aromatic rings. The number of pyridine rings is 1. The van der Waals surface area contributed by atoms with E-state index in [9.17, 15) is 0 Å².